The van der Waals surface area contributed by atoms with Crippen LogP contribution < -0.4 is 10.9 Å². The lowest BCUT2D eigenvalue weighted by Gasteiger charge is -2.10. The first-order valence-electron chi connectivity index (χ1n) is 7.44. The zero-order valence-electron chi connectivity index (χ0n) is 13.7. The number of nitrogens with one attached hydrogen (secondary N) is 1. The summed E-state index contributed by atoms with van der Waals surface area (Å²) in [7, 11) is 0. The van der Waals surface area contributed by atoms with Crippen LogP contribution in [0.1, 0.15) is 10.4 Å². The fourth-order valence-corrected chi connectivity index (χ4v) is 4.70. The van der Waals surface area contributed by atoms with Crippen LogP contribution in [0.15, 0.2) is 34.2 Å². The molecule has 0 aliphatic heterocycles. The van der Waals surface area contributed by atoms with Crippen molar-refractivity contribution < 1.29 is 4.79 Å². The highest BCUT2D eigenvalue weighted by atomic mass is 32.2. The van der Waals surface area contributed by atoms with Gasteiger partial charge in [0.25, 0.3) is 5.56 Å². The van der Waals surface area contributed by atoms with Gasteiger partial charge in [-0.1, -0.05) is 17.8 Å². The maximum Gasteiger partial charge on any atom is 0.263 e. The van der Waals surface area contributed by atoms with E-state index < -0.39 is 0 Å². The molecule has 3 aromatic heterocycles. The van der Waals surface area contributed by atoms with Crippen LogP contribution in [0.2, 0.25) is 0 Å². The van der Waals surface area contributed by atoms with E-state index in [2.05, 4.69) is 21.9 Å². The first-order valence-corrected chi connectivity index (χ1v) is 10.1. The van der Waals surface area contributed by atoms with E-state index in [1.807, 2.05) is 13.8 Å². The third kappa shape index (κ3) is 3.68. The topological polar surface area (TPSA) is 76.9 Å². The number of amides is 1. The van der Waals surface area contributed by atoms with Gasteiger partial charge in [-0.2, -0.15) is 0 Å². The summed E-state index contributed by atoms with van der Waals surface area (Å²) in [6.45, 7) is 7.98. The van der Waals surface area contributed by atoms with E-state index in [-0.39, 0.29) is 17.2 Å². The van der Waals surface area contributed by atoms with Crippen molar-refractivity contribution in [2.45, 2.75) is 25.5 Å². The van der Waals surface area contributed by atoms with E-state index >= 15 is 0 Å². The van der Waals surface area contributed by atoms with E-state index in [4.69, 9.17) is 0 Å². The first-order chi connectivity index (χ1) is 12.0. The maximum absolute atomic E-state index is 12.8. The molecule has 0 fully saturated rings. The van der Waals surface area contributed by atoms with Crippen LogP contribution >= 0.6 is 34.4 Å². The number of anilines is 1. The summed E-state index contributed by atoms with van der Waals surface area (Å²) < 4.78 is 1.57. The first kappa shape index (κ1) is 17.8. The number of aryl methyl sites for hydroxylation is 2. The number of hydrogen-bond donors (Lipinski definition) is 1. The summed E-state index contributed by atoms with van der Waals surface area (Å²) in [5.41, 5.74) is 0.878. The molecule has 0 aliphatic rings. The minimum absolute atomic E-state index is 0.0884. The van der Waals surface area contributed by atoms with Crippen LogP contribution in [-0.4, -0.2) is 26.2 Å². The van der Waals surface area contributed by atoms with Crippen molar-refractivity contribution in [2.24, 2.45) is 0 Å². The number of thiophene rings is 1. The van der Waals surface area contributed by atoms with Crippen molar-refractivity contribution >= 4 is 55.7 Å². The molecule has 0 spiro atoms. The molecule has 130 valence electrons. The van der Waals surface area contributed by atoms with Gasteiger partial charge in [-0.25, -0.2) is 9.97 Å². The van der Waals surface area contributed by atoms with Crippen molar-refractivity contribution in [3.05, 3.63) is 45.0 Å². The molecule has 0 aliphatic carbocycles. The number of nitrogens with zero attached hydrogens (tertiary/aromatic N) is 3. The molecule has 3 aromatic rings. The molecule has 3 rings (SSSR count). The second-order valence-electron chi connectivity index (χ2n) is 5.24. The van der Waals surface area contributed by atoms with E-state index in [1.54, 1.807) is 22.2 Å². The fourth-order valence-electron chi connectivity index (χ4n) is 2.28. The Balaban J connectivity index is 1.89. The van der Waals surface area contributed by atoms with Crippen LogP contribution in [0.5, 0.6) is 0 Å². The van der Waals surface area contributed by atoms with E-state index in [1.165, 1.54) is 34.4 Å². The molecule has 1 amide bonds. The van der Waals surface area contributed by atoms with Gasteiger partial charge < -0.3 is 5.32 Å². The molecule has 9 heteroatoms. The van der Waals surface area contributed by atoms with Crippen molar-refractivity contribution in [3.63, 3.8) is 0 Å². The van der Waals surface area contributed by atoms with Gasteiger partial charge in [0.05, 0.1) is 11.1 Å². The lowest BCUT2D eigenvalue weighted by molar-refractivity contribution is -0.113. The molecule has 3 heterocycles. The smallest absolute Gasteiger partial charge is 0.263 e. The number of aromatic nitrogens is 3. The Kier molecular flexibility index (Phi) is 5.36. The Bertz CT molecular complexity index is 989. The zero-order valence-corrected chi connectivity index (χ0v) is 16.2. The Morgan fingerprint density at radius 2 is 2.28 bits per heavy atom. The number of thioether (sulfide) groups is 1. The lowest BCUT2D eigenvalue weighted by atomic mass is 10.2. The predicted octanol–water partition coefficient (Wildman–Crippen LogP) is 3.45. The minimum Gasteiger partial charge on any atom is -0.301 e. The van der Waals surface area contributed by atoms with Gasteiger partial charge in [0.1, 0.15) is 4.83 Å². The minimum atomic E-state index is -0.182. The van der Waals surface area contributed by atoms with Crippen LogP contribution in [0.25, 0.3) is 10.2 Å². The molecule has 1 N–H and O–H groups in total. The molecule has 0 radical (unpaired) electrons. The summed E-state index contributed by atoms with van der Waals surface area (Å²) in [5.74, 6) is -0.0316. The highest BCUT2D eigenvalue weighted by Gasteiger charge is 2.17. The Morgan fingerprint density at radius 3 is 2.96 bits per heavy atom. The number of thiazole rings is 1. The normalized spacial score (nSPS) is 11.0. The highest BCUT2D eigenvalue weighted by molar-refractivity contribution is 7.99. The van der Waals surface area contributed by atoms with E-state index in [9.17, 15) is 9.59 Å². The molecular weight excluding hydrogens is 376 g/mol. The summed E-state index contributed by atoms with van der Waals surface area (Å²) in [6, 6.07) is 0. The van der Waals surface area contributed by atoms with Gasteiger partial charge in [0, 0.05) is 23.0 Å². The third-order valence-corrected chi connectivity index (χ3v) is 6.34. The Morgan fingerprint density at radius 1 is 1.48 bits per heavy atom. The quantitative estimate of drug-likeness (QED) is 0.395. The number of carbonyl (C=O) groups is 1. The molecule has 0 saturated carbocycles. The van der Waals surface area contributed by atoms with Gasteiger partial charge in [0.15, 0.2) is 10.3 Å². The zero-order chi connectivity index (χ0) is 18.0. The lowest BCUT2D eigenvalue weighted by Crippen LogP contribution is -2.23. The van der Waals surface area contributed by atoms with Crippen LogP contribution in [0.4, 0.5) is 5.13 Å². The van der Waals surface area contributed by atoms with Crippen molar-refractivity contribution in [3.8, 4) is 0 Å². The number of fused-ring (bicyclic) bond motifs is 1. The Hall–Kier alpha value is -1.97. The monoisotopic (exact) mass is 392 g/mol. The standard InChI is InChI=1S/C16H16N4O2S3/c1-4-6-20-14(22)12-9(2)10(3)25-13(12)19-16(20)24-8-11(21)18-15-17-5-7-23-15/h4-5,7H,1,6,8H2,2-3H3,(H,17,18,21). The van der Waals surface area contributed by atoms with Gasteiger partial charge >= 0.3 is 0 Å². The SMILES string of the molecule is C=CCn1c(SCC(=O)Nc2nccs2)nc2sc(C)c(C)c2c1=O. The van der Waals surface area contributed by atoms with Gasteiger partial charge in [-0.05, 0) is 19.4 Å². The number of allylic oxidation sites excluding steroid dienone is 1. The third-order valence-electron chi connectivity index (χ3n) is 3.58. The van der Waals surface area contributed by atoms with Crippen LogP contribution in [0.3, 0.4) is 0 Å². The number of rotatable bonds is 6. The summed E-state index contributed by atoms with van der Waals surface area (Å²) in [4.78, 5) is 35.3. The number of carbonyl (C=O) groups excluding carboxylic acids is 1. The van der Waals surface area contributed by atoms with Crippen molar-refractivity contribution in [1.29, 1.82) is 0 Å². The second kappa shape index (κ2) is 7.51. The molecule has 0 unspecified atom stereocenters. The van der Waals surface area contributed by atoms with Gasteiger partial charge in [0.2, 0.25) is 5.91 Å². The highest BCUT2D eigenvalue weighted by Crippen LogP contribution is 2.28. The summed E-state index contributed by atoms with van der Waals surface area (Å²) >= 11 is 4.09. The van der Waals surface area contributed by atoms with Crippen molar-refractivity contribution in [2.75, 3.05) is 11.1 Å². The van der Waals surface area contributed by atoms with Crippen LogP contribution in [0, 0.1) is 13.8 Å². The largest absolute Gasteiger partial charge is 0.301 e. The van der Waals surface area contributed by atoms with Crippen LogP contribution in [-0.2, 0) is 11.3 Å². The summed E-state index contributed by atoms with van der Waals surface area (Å²) in [5, 5.41) is 6.25. The second-order valence-corrected chi connectivity index (χ2v) is 8.28. The molecule has 0 atom stereocenters. The summed E-state index contributed by atoms with van der Waals surface area (Å²) in [6.07, 6.45) is 3.29. The van der Waals surface area contributed by atoms with Gasteiger partial charge in [-0.15, -0.1) is 29.3 Å². The van der Waals surface area contributed by atoms with E-state index in [0.29, 0.717) is 27.0 Å². The number of hydrogen-bond acceptors (Lipinski definition) is 7. The molecule has 0 aromatic carbocycles. The average molecular weight is 393 g/mol. The molecule has 6 nitrogen and oxygen atoms in total. The maximum atomic E-state index is 12.8. The van der Waals surface area contributed by atoms with Gasteiger partial charge in [-0.3, -0.25) is 14.2 Å². The average Bonchev–Trinajstić information content (AvgIpc) is 3.17. The predicted molar refractivity (Wildman–Crippen MR) is 105 cm³/mol. The molecular formula is C16H16N4O2S3. The molecule has 0 saturated heterocycles. The molecule has 25 heavy (non-hydrogen) atoms. The Labute approximate surface area is 156 Å². The molecule has 0 bridgehead atoms. The van der Waals surface area contributed by atoms with E-state index in [0.717, 1.165) is 10.4 Å². The van der Waals surface area contributed by atoms with Crippen molar-refractivity contribution in [1.82, 2.24) is 14.5 Å². The fraction of sp³-hybridized carbons (Fsp3) is 0.250.